The first kappa shape index (κ1) is 7.06. The first-order valence-electron chi connectivity index (χ1n) is 3.08. The molecule has 0 saturated heterocycles. The molecule has 0 fully saturated rings. The molecule has 0 atom stereocenters. The fourth-order valence-corrected chi connectivity index (χ4v) is 2.19. The quantitative estimate of drug-likeness (QED) is 0.754. The first-order valence-corrected chi connectivity index (χ1v) is 4.64. The molecule has 0 spiro atoms. The van der Waals surface area contributed by atoms with E-state index in [0.29, 0.717) is 5.82 Å². The Morgan fingerprint density at radius 2 is 2.27 bits per heavy atom. The highest BCUT2D eigenvalue weighted by atomic mass is 79.9. The van der Waals surface area contributed by atoms with Crippen LogP contribution in [0.25, 0.3) is 10.1 Å². The third-order valence-electron chi connectivity index (χ3n) is 1.46. The van der Waals surface area contributed by atoms with E-state index in [1.165, 1.54) is 11.5 Å². The van der Waals surface area contributed by atoms with Gasteiger partial charge in [0.15, 0.2) is 0 Å². The summed E-state index contributed by atoms with van der Waals surface area (Å²) in [6.07, 6.45) is 0. The molecule has 0 aliphatic rings. The summed E-state index contributed by atoms with van der Waals surface area (Å²) in [5.74, 6) is 0.623. The van der Waals surface area contributed by atoms with Crippen LogP contribution in [0.4, 0.5) is 5.82 Å². The van der Waals surface area contributed by atoms with Crippen molar-refractivity contribution in [1.29, 1.82) is 0 Å². The lowest BCUT2D eigenvalue weighted by Gasteiger charge is -1.89. The Morgan fingerprint density at radius 3 is 3.09 bits per heavy atom. The smallest absolute Gasteiger partial charge is 0.144 e. The van der Waals surface area contributed by atoms with Crippen LogP contribution in [0.2, 0.25) is 0 Å². The van der Waals surface area contributed by atoms with Gasteiger partial charge in [0.05, 0.1) is 4.70 Å². The van der Waals surface area contributed by atoms with Crippen LogP contribution in [0.15, 0.2) is 22.7 Å². The van der Waals surface area contributed by atoms with Crippen molar-refractivity contribution in [3.63, 3.8) is 0 Å². The van der Waals surface area contributed by atoms with Crippen LogP contribution in [0, 0.1) is 0 Å². The summed E-state index contributed by atoms with van der Waals surface area (Å²) in [6, 6.07) is 5.95. The first-order chi connectivity index (χ1) is 5.27. The van der Waals surface area contributed by atoms with Crippen molar-refractivity contribution in [3.8, 4) is 0 Å². The largest absolute Gasteiger partial charge is 0.382 e. The average molecular weight is 229 g/mol. The van der Waals surface area contributed by atoms with Gasteiger partial charge in [0, 0.05) is 9.86 Å². The molecule has 11 heavy (non-hydrogen) atoms. The topological polar surface area (TPSA) is 38.9 Å². The van der Waals surface area contributed by atoms with Crippen molar-refractivity contribution in [1.82, 2.24) is 4.37 Å². The van der Waals surface area contributed by atoms with Crippen LogP contribution in [0.3, 0.4) is 0 Å². The summed E-state index contributed by atoms with van der Waals surface area (Å²) in [4.78, 5) is 0. The van der Waals surface area contributed by atoms with Gasteiger partial charge in [0.25, 0.3) is 0 Å². The zero-order valence-corrected chi connectivity index (χ0v) is 7.95. The monoisotopic (exact) mass is 228 g/mol. The number of halogens is 1. The molecule has 0 unspecified atom stereocenters. The summed E-state index contributed by atoms with van der Waals surface area (Å²) in [7, 11) is 0. The minimum absolute atomic E-state index is 0.623. The van der Waals surface area contributed by atoms with Gasteiger partial charge in [-0.1, -0.05) is 15.9 Å². The zero-order chi connectivity index (χ0) is 7.84. The summed E-state index contributed by atoms with van der Waals surface area (Å²) in [5.41, 5.74) is 5.61. The molecule has 2 rings (SSSR count). The lowest BCUT2D eigenvalue weighted by atomic mass is 10.3. The minimum atomic E-state index is 0.623. The van der Waals surface area contributed by atoms with Crippen LogP contribution >= 0.6 is 27.5 Å². The molecular formula is C7H5BrN2S. The Hall–Kier alpha value is -0.610. The summed E-state index contributed by atoms with van der Waals surface area (Å²) in [5, 5.41) is 1.04. The molecule has 2 aromatic rings. The van der Waals surface area contributed by atoms with Gasteiger partial charge in [0.1, 0.15) is 5.82 Å². The standard InChI is InChI=1S/C7H5BrN2S/c8-4-1-2-5-6(3-4)11-10-7(5)9/h1-3H,(H2,9,10). The molecular weight excluding hydrogens is 224 g/mol. The molecule has 1 aromatic carbocycles. The SMILES string of the molecule is Nc1nsc2cc(Br)ccc12. The highest BCUT2D eigenvalue weighted by Gasteiger charge is 2.01. The van der Waals surface area contributed by atoms with E-state index in [1.54, 1.807) is 0 Å². The molecule has 0 saturated carbocycles. The zero-order valence-electron chi connectivity index (χ0n) is 5.54. The molecule has 0 aliphatic carbocycles. The van der Waals surface area contributed by atoms with Crippen LogP contribution in [-0.4, -0.2) is 4.37 Å². The van der Waals surface area contributed by atoms with E-state index in [0.717, 1.165) is 14.6 Å². The molecule has 1 aromatic heterocycles. The second-order valence-corrected chi connectivity index (χ2v) is 3.93. The number of aromatic nitrogens is 1. The Morgan fingerprint density at radius 1 is 1.45 bits per heavy atom. The molecule has 0 amide bonds. The predicted octanol–water partition coefficient (Wildman–Crippen LogP) is 2.64. The van der Waals surface area contributed by atoms with E-state index < -0.39 is 0 Å². The number of hydrogen-bond donors (Lipinski definition) is 1. The number of fused-ring (bicyclic) bond motifs is 1. The van der Waals surface area contributed by atoms with Gasteiger partial charge in [-0.15, -0.1) is 0 Å². The van der Waals surface area contributed by atoms with Crippen LogP contribution < -0.4 is 5.73 Å². The Kier molecular flexibility index (Phi) is 1.58. The lowest BCUT2D eigenvalue weighted by molar-refractivity contribution is 1.58. The van der Waals surface area contributed by atoms with Gasteiger partial charge in [-0.3, -0.25) is 0 Å². The van der Waals surface area contributed by atoms with Gasteiger partial charge in [0.2, 0.25) is 0 Å². The average Bonchev–Trinajstić information content (AvgIpc) is 2.32. The van der Waals surface area contributed by atoms with Gasteiger partial charge >= 0.3 is 0 Å². The van der Waals surface area contributed by atoms with E-state index >= 15 is 0 Å². The van der Waals surface area contributed by atoms with Crippen LogP contribution in [-0.2, 0) is 0 Å². The Labute approximate surface area is 76.3 Å². The maximum absolute atomic E-state index is 5.61. The van der Waals surface area contributed by atoms with E-state index in [9.17, 15) is 0 Å². The molecule has 56 valence electrons. The van der Waals surface area contributed by atoms with Crippen molar-refractivity contribution < 1.29 is 0 Å². The number of benzene rings is 1. The fraction of sp³-hybridized carbons (Fsp3) is 0. The van der Waals surface area contributed by atoms with Gasteiger partial charge < -0.3 is 5.73 Å². The molecule has 0 bridgehead atoms. The molecule has 2 N–H and O–H groups in total. The number of anilines is 1. The molecule has 0 aliphatic heterocycles. The van der Waals surface area contributed by atoms with E-state index in [4.69, 9.17) is 5.73 Å². The Bertz CT molecular complexity index is 396. The summed E-state index contributed by atoms with van der Waals surface area (Å²) < 4.78 is 6.22. The van der Waals surface area contributed by atoms with E-state index in [2.05, 4.69) is 20.3 Å². The van der Waals surface area contributed by atoms with Crippen molar-refractivity contribution in [2.24, 2.45) is 0 Å². The van der Waals surface area contributed by atoms with Gasteiger partial charge in [-0.25, -0.2) is 0 Å². The van der Waals surface area contributed by atoms with Crippen LogP contribution in [0.5, 0.6) is 0 Å². The van der Waals surface area contributed by atoms with Crippen molar-refractivity contribution in [3.05, 3.63) is 22.7 Å². The minimum Gasteiger partial charge on any atom is -0.382 e. The summed E-state index contributed by atoms with van der Waals surface area (Å²) >= 11 is 4.80. The third kappa shape index (κ3) is 1.12. The second kappa shape index (κ2) is 2.46. The number of nitrogens with zero attached hydrogens (tertiary/aromatic N) is 1. The third-order valence-corrected chi connectivity index (χ3v) is 2.78. The number of nitrogens with two attached hydrogens (primary N) is 1. The summed E-state index contributed by atoms with van der Waals surface area (Å²) in [6.45, 7) is 0. The number of hydrogen-bond acceptors (Lipinski definition) is 3. The van der Waals surface area contributed by atoms with Crippen molar-refractivity contribution >= 4 is 43.4 Å². The number of rotatable bonds is 0. The molecule has 4 heteroatoms. The fourth-order valence-electron chi connectivity index (χ4n) is 0.931. The molecule has 1 heterocycles. The molecule has 0 radical (unpaired) electrons. The molecule has 2 nitrogen and oxygen atoms in total. The van der Waals surface area contributed by atoms with Crippen molar-refractivity contribution in [2.45, 2.75) is 0 Å². The highest BCUT2D eigenvalue weighted by molar-refractivity contribution is 9.10. The Balaban J connectivity index is 2.86. The number of nitrogen functional groups attached to an aromatic ring is 1. The van der Waals surface area contributed by atoms with Crippen LogP contribution in [0.1, 0.15) is 0 Å². The second-order valence-electron chi connectivity index (χ2n) is 2.21. The lowest BCUT2D eigenvalue weighted by Crippen LogP contribution is -1.82. The maximum atomic E-state index is 5.61. The van der Waals surface area contributed by atoms with Gasteiger partial charge in [-0.2, -0.15) is 4.37 Å². The maximum Gasteiger partial charge on any atom is 0.144 e. The van der Waals surface area contributed by atoms with E-state index in [1.807, 2.05) is 18.2 Å². The highest BCUT2D eigenvalue weighted by Crippen LogP contribution is 2.26. The predicted molar refractivity (Wildman–Crippen MR) is 51.7 cm³/mol. The van der Waals surface area contributed by atoms with Gasteiger partial charge in [-0.05, 0) is 29.7 Å². The van der Waals surface area contributed by atoms with Crippen molar-refractivity contribution in [2.75, 3.05) is 5.73 Å². The normalized spacial score (nSPS) is 10.6. The van der Waals surface area contributed by atoms with E-state index in [-0.39, 0.29) is 0 Å².